The molecule has 10 heteroatoms. The van der Waals surface area contributed by atoms with E-state index in [9.17, 15) is 19.8 Å². The number of aryl methyl sites for hydroxylation is 1. The number of allylic oxidation sites excluding steroid dienone is 1. The molecule has 34 heavy (non-hydrogen) atoms. The Labute approximate surface area is 198 Å². The van der Waals surface area contributed by atoms with Gasteiger partial charge in [0.05, 0.1) is 11.4 Å². The molecule has 1 aromatic carbocycles. The van der Waals surface area contributed by atoms with Gasteiger partial charge in [-0.1, -0.05) is 30.4 Å². The lowest BCUT2D eigenvalue weighted by molar-refractivity contribution is -0.139. The third-order valence-corrected chi connectivity index (χ3v) is 5.79. The molecule has 0 fully saturated rings. The van der Waals surface area contributed by atoms with Crippen LogP contribution >= 0.6 is 0 Å². The van der Waals surface area contributed by atoms with E-state index in [1.807, 2.05) is 6.08 Å². The van der Waals surface area contributed by atoms with Gasteiger partial charge >= 0.3 is 0 Å². The summed E-state index contributed by atoms with van der Waals surface area (Å²) in [5.74, 6) is -1.63. The van der Waals surface area contributed by atoms with Gasteiger partial charge in [0.25, 0.3) is 11.8 Å². The summed E-state index contributed by atoms with van der Waals surface area (Å²) in [5, 5.41) is 40.7. The second kappa shape index (κ2) is 10.7. The predicted octanol–water partition coefficient (Wildman–Crippen LogP) is 1.14. The van der Waals surface area contributed by atoms with Crippen molar-refractivity contribution in [2.75, 3.05) is 23.4 Å². The number of aliphatic hydroxyl groups excluding tert-OH is 2. The highest BCUT2D eigenvalue weighted by molar-refractivity contribution is 6.08. The van der Waals surface area contributed by atoms with Crippen LogP contribution < -0.4 is 10.2 Å². The lowest BCUT2D eigenvalue weighted by Crippen LogP contribution is -2.44. The molecule has 4 N–H and O–H groups in total. The van der Waals surface area contributed by atoms with E-state index in [1.165, 1.54) is 11.8 Å². The Kier molecular flexibility index (Phi) is 7.98. The molecule has 1 aromatic heterocycles. The second-order valence-corrected chi connectivity index (χ2v) is 8.32. The Morgan fingerprint density at radius 3 is 2.79 bits per heavy atom. The number of amides is 2. The minimum Gasteiger partial charge on any atom is -0.396 e. The van der Waals surface area contributed by atoms with Gasteiger partial charge in [-0.15, -0.1) is 11.7 Å². The summed E-state index contributed by atoms with van der Waals surface area (Å²) in [5.41, 5.74) is 0.175. The van der Waals surface area contributed by atoms with Crippen molar-refractivity contribution in [2.24, 2.45) is 5.92 Å². The van der Waals surface area contributed by atoms with Crippen LogP contribution in [0.2, 0.25) is 0 Å². The molecule has 10 nitrogen and oxygen atoms in total. The van der Waals surface area contributed by atoms with Crippen LogP contribution in [0.5, 0.6) is 0 Å². The van der Waals surface area contributed by atoms with Crippen molar-refractivity contribution in [1.82, 2.24) is 15.0 Å². The van der Waals surface area contributed by atoms with Crippen molar-refractivity contribution in [2.45, 2.75) is 44.9 Å². The number of nitrogens with zero attached hydrogens (tertiary/aromatic N) is 4. The number of rotatable bonds is 11. The minimum absolute atomic E-state index is 0.0114. The van der Waals surface area contributed by atoms with E-state index in [4.69, 9.17) is 5.11 Å². The average Bonchev–Trinajstić information content (AvgIpc) is 3.34. The molecule has 0 bridgehead atoms. The zero-order valence-corrected chi connectivity index (χ0v) is 19.4. The number of hydrogen-bond acceptors (Lipinski definition) is 7. The number of anilines is 2. The standard InChI is InChI=1S/C24H31N5O5/c1-4-11-29-21-9-8-18(25-22(32)17(3)31)14-20(21)24(34,23(29)33)16(2)7-5-6-12-28-15-19(10-13-30)26-27-28/h4-5,7-9,14-17,30-31,34H,1,6,10-13H2,2-3H3,(H,25,32)/b7-5+/t16-,17-,24+/m0/s1. The fourth-order valence-corrected chi connectivity index (χ4v) is 3.91. The lowest BCUT2D eigenvalue weighted by atomic mass is 9.82. The zero-order valence-electron chi connectivity index (χ0n) is 19.4. The van der Waals surface area contributed by atoms with Gasteiger partial charge in [0.15, 0.2) is 5.60 Å². The van der Waals surface area contributed by atoms with Crippen LogP contribution in [0.25, 0.3) is 0 Å². The fourth-order valence-electron chi connectivity index (χ4n) is 3.91. The predicted molar refractivity (Wildman–Crippen MR) is 127 cm³/mol. The molecule has 3 rings (SSSR count). The number of aliphatic hydroxyl groups is 3. The third kappa shape index (κ3) is 5.09. The van der Waals surface area contributed by atoms with Crippen LogP contribution in [0.3, 0.4) is 0 Å². The molecule has 0 radical (unpaired) electrons. The average molecular weight is 470 g/mol. The Morgan fingerprint density at radius 2 is 2.12 bits per heavy atom. The molecular formula is C24H31N5O5. The molecule has 0 unspecified atom stereocenters. The molecule has 1 aliphatic rings. The van der Waals surface area contributed by atoms with Gasteiger partial charge < -0.3 is 25.5 Å². The Hall–Kier alpha value is -3.34. The van der Waals surface area contributed by atoms with Crippen LogP contribution in [0.1, 0.15) is 31.5 Å². The molecule has 182 valence electrons. The lowest BCUT2D eigenvalue weighted by Gasteiger charge is -2.27. The van der Waals surface area contributed by atoms with Crippen molar-refractivity contribution in [1.29, 1.82) is 0 Å². The number of nitrogens with one attached hydrogen (secondary N) is 1. The highest BCUT2D eigenvalue weighted by atomic mass is 16.3. The van der Waals surface area contributed by atoms with Crippen LogP contribution in [0.15, 0.2) is 49.2 Å². The van der Waals surface area contributed by atoms with Crippen molar-refractivity contribution in [3.8, 4) is 0 Å². The van der Waals surface area contributed by atoms with E-state index in [0.717, 1.165) is 0 Å². The first-order chi connectivity index (χ1) is 16.2. The molecule has 0 spiro atoms. The van der Waals surface area contributed by atoms with Gasteiger partial charge in [-0.25, -0.2) is 0 Å². The summed E-state index contributed by atoms with van der Waals surface area (Å²) >= 11 is 0. The van der Waals surface area contributed by atoms with E-state index < -0.39 is 29.4 Å². The van der Waals surface area contributed by atoms with Crippen LogP contribution in [-0.4, -0.2) is 61.4 Å². The first kappa shape index (κ1) is 25.3. The summed E-state index contributed by atoms with van der Waals surface area (Å²) in [6.45, 7) is 7.61. The molecule has 2 amide bonds. The smallest absolute Gasteiger partial charge is 0.264 e. The maximum Gasteiger partial charge on any atom is 0.264 e. The maximum atomic E-state index is 13.3. The number of hydrogen-bond donors (Lipinski definition) is 4. The summed E-state index contributed by atoms with van der Waals surface area (Å²) in [4.78, 5) is 26.7. The Balaban J connectivity index is 1.80. The van der Waals surface area contributed by atoms with Crippen LogP contribution in [0.4, 0.5) is 11.4 Å². The van der Waals surface area contributed by atoms with Gasteiger partial charge in [0, 0.05) is 49.5 Å². The van der Waals surface area contributed by atoms with E-state index in [1.54, 1.807) is 48.2 Å². The number of benzene rings is 1. The summed E-state index contributed by atoms with van der Waals surface area (Å²) in [6, 6.07) is 4.86. The largest absolute Gasteiger partial charge is 0.396 e. The first-order valence-electron chi connectivity index (χ1n) is 11.2. The van der Waals surface area contributed by atoms with E-state index >= 15 is 0 Å². The topological polar surface area (TPSA) is 141 Å². The second-order valence-electron chi connectivity index (χ2n) is 8.32. The van der Waals surface area contributed by atoms with Crippen LogP contribution in [0, 0.1) is 5.92 Å². The van der Waals surface area contributed by atoms with E-state index in [-0.39, 0.29) is 13.2 Å². The number of aromatic nitrogens is 3. The van der Waals surface area contributed by atoms with Gasteiger partial charge in [-0.2, -0.15) is 0 Å². The number of carbonyl (C=O) groups is 2. The molecule has 0 saturated heterocycles. The van der Waals surface area contributed by atoms with Gasteiger partial charge in [0.2, 0.25) is 0 Å². The van der Waals surface area contributed by atoms with Gasteiger partial charge in [-0.05, 0) is 31.5 Å². The first-order valence-corrected chi connectivity index (χ1v) is 11.2. The Morgan fingerprint density at radius 1 is 1.35 bits per heavy atom. The van der Waals surface area contributed by atoms with E-state index in [0.29, 0.717) is 42.0 Å². The summed E-state index contributed by atoms with van der Waals surface area (Å²) in [7, 11) is 0. The van der Waals surface area contributed by atoms with Crippen molar-refractivity contribution < 1.29 is 24.9 Å². The fraction of sp³-hybridized carbons (Fsp3) is 0.417. The van der Waals surface area contributed by atoms with Crippen molar-refractivity contribution >= 4 is 23.2 Å². The Bertz CT molecular complexity index is 1080. The van der Waals surface area contributed by atoms with Crippen molar-refractivity contribution in [3.05, 3.63) is 60.5 Å². The highest BCUT2D eigenvalue weighted by Crippen LogP contribution is 2.46. The van der Waals surface area contributed by atoms with Gasteiger partial charge in [0.1, 0.15) is 6.10 Å². The SMILES string of the molecule is C=CCN1C(=O)[C@@](O)([C@@H](C)/C=C/CCn2cc(CCO)nn2)c2cc(NC(=O)[C@H](C)O)ccc21. The normalized spacial score (nSPS) is 19.3. The summed E-state index contributed by atoms with van der Waals surface area (Å²) in [6.07, 6.45) is 6.86. The quantitative estimate of drug-likeness (QED) is 0.362. The minimum atomic E-state index is -1.83. The van der Waals surface area contributed by atoms with E-state index in [2.05, 4.69) is 22.2 Å². The zero-order chi connectivity index (χ0) is 24.9. The molecule has 2 aromatic rings. The molecule has 0 aliphatic carbocycles. The number of carbonyl (C=O) groups excluding carboxylic acids is 2. The summed E-state index contributed by atoms with van der Waals surface area (Å²) < 4.78 is 1.67. The van der Waals surface area contributed by atoms with Crippen molar-refractivity contribution in [3.63, 3.8) is 0 Å². The third-order valence-electron chi connectivity index (χ3n) is 5.79. The molecule has 1 aliphatic heterocycles. The monoisotopic (exact) mass is 469 g/mol. The molecule has 0 saturated carbocycles. The van der Waals surface area contributed by atoms with Gasteiger partial charge in [-0.3, -0.25) is 14.3 Å². The molecule has 2 heterocycles. The van der Waals surface area contributed by atoms with Crippen LogP contribution in [-0.2, 0) is 28.2 Å². The maximum absolute atomic E-state index is 13.3. The molecule has 3 atom stereocenters. The highest BCUT2D eigenvalue weighted by Gasteiger charge is 2.52. The molecular weight excluding hydrogens is 438 g/mol. The number of fused-ring (bicyclic) bond motifs is 1.